The lowest BCUT2D eigenvalue weighted by molar-refractivity contribution is -0.143. The van der Waals surface area contributed by atoms with Crippen LogP contribution >= 0.6 is 0 Å². The predicted molar refractivity (Wildman–Crippen MR) is 83.0 cm³/mol. The average molecular weight is 301 g/mol. The maximum Gasteiger partial charge on any atom is 0.308 e. The summed E-state index contributed by atoms with van der Waals surface area (Å²) in [7, 11) is 0. The SMILES string of the molecule is C[C@H](CN(Cc1ccccc1)C(=O)[C@@H]1C[C@@H]1C1CC1)C(=O)O. The van der Waals surface area contributed by atoms with Crippen molar-refractivity contribution in [2.24, 2.45) is 23.7 Å². The fourth-order valence-electron chi connectivity index (χ4n) is 3.22. The van der Waals surface area contributed by atoms with Gasteiger partial charge >= 0.3 is 5.97 Å². The van der Waals surface area contributed by atoms with Crippen LogP contribution in [-0.2, 0) is 16.1 Å². The number of carboxylic acid groups (broad SMARTS) is 1. The predicted octanol–water partition coefficient (Wildman–Crippen LogP) is 2.78. The molecule has 4 heteroatoms. The lowest BCUT2D eigenvalue weighted by Crippen LogP contribution is -2.37. The molecule has 1 aromatic carbocycles. The molecule has 3 atom stereocenters. The molecule has 2 aliphatic rings. The van der Waals surface area contributed by atoms with Crippen molar-refractivity contribution in [2.45, 2.75) is 32.7 Å². The number of benzene rings is 1. The van der Waals surface area contributed by atoms with Crippen LogP contribution < -0.4 is 0 Å². The third-order valence-corrected chi connectivity index (χ3v) is 4.83. The Morgan fingerprint density at radius 2 is 1.95 bits per heavy atom. The van der Waals surface area contributed by atoms with Gasteiger partial charge in [0.15, 0.2) is 0 Å². The van der Waals surface area contributed by atoms with E-state index in [0.717, 1.165) is 17.9 Å². The molecule has 4 nitrogen and oxygen atoms in total. The summed E-state index contributed by atoms with van der Waals surface area (Å²) in [6, 6.07) is 9.80. The van der Waals surface area contributed by atoms with Gasteiger partial charge in [-0.3, -0.25) is 9.59 Å². The van der Waals surface area contributed by atoms with Crippen LogP contribution in [0.15, 0.2) is 30.3 Å². The average Bonchev–Trinajstić information content (AvgIpc) is 3.38. The summed E-state index contributed by atoms with van der Waals surface area (Å²) in [6.45, 7) is 2.46. The van der Waals surface area contributed by atoms with Crippen LogP contribution in [0.25, 0.3) is 0 Å². The van der Waals surface area contributed by atoms with E-state index in [2.05, 4.69) is 0 Å². The highest BCUT2D eigenvalue weighted by Gasteiger charge is 2.52. The van der Waals surface area contributed by atoms with Crippen molar-refractivity contribution in [2.75, 3.05) is 6.54 Å². The number of nitrogens with zero attached hydrogens (tertiary/aromatic N) is 1. The van der Waals surface area contributed by atoms with Crippen molar-refractivity contribution >= 4 is 11.9 Å². The third-order valence-electron chi connectivity index (χ3n) is 4.83. The molecule has 0 radical (unpaired) electrons. The van der Waals surface area contributed by atoms with E-state index in [1.165, 1.54) is 12.8 Å². The van der Waals surface area contributed by atoms with E-state index in [-0.39, 0.29) is 18.4 Å². The largest absolute Gasteiger partial charge is 0.481 e. The van der Waals surface area contributed by atoms with Crippen molar-refractivity contribution in [3.05, 3.63) is 35.9 Å². The smallest absolute Gasteiger partial charge is 0.308 e. The first-order valence-electron chi connectivity index (χ1n) is 8.11. The molecule has 0 unspecified atom stereocenters. The van der Waals surface area contributed by atoms with E-state index in [1.807, 2.05) is 30.3 Å². The minimum absolute atomic E-state index is 0.136. The molecule has 1 amide bonds. The van der Waals surface area contributed by atoms with Gasteiger partial charge in [-0.1, -0.05) is 37.3 Å². The van der Waals surface area contributed by atoms with Crippen LogP contribution in [0.5, 0.6) is 0 Å². The number of hydrogen-bond donors (Lipinski definition) is 1. The quantitative estimate of drug-likeness (QED) is 0.842. The third kappa shape index (κ3) is 3.49. The summed E-state index contributed by atoms with van der Waals surface area (Å²) in [5.74, 6) is 0.215. The van der Waals surface area contributed by atoms with Crippen molar-refractivity contribution in [1.29, 1.82) is 0 Å². The molecule has 118 valence electrons. The number of carboxylic acids is 1. The van der Waals surface area contributed by atoms with Crippen LogP contribution in [0.4, 0.5) is 0 Å². The van der Waals surface area contributed by atoms with Gasteiger partial charge in [-0.15, -0.1) is 0 Å². The second-order valence-electron chi connectivity index (χ2n) is 6.79. The zero-order valence-corrected chi connectivity index (χ0v) is 12.9. The molecule has 1 aromatic rings. The van der Waals surface area contributed by atoms with Gasteiger partial charge in [0.2, 0.25) is 5.91 Å². The molecule has 0 bridgehead atoms. The molecule has 0 heterocycles. The van der Waals surface area contributed by atoms with Gasteiger partial charge in [-0.25, -0.2) is 0 Å². The number of rotatable bonds is 7. The lowest BCUT2D eigenvalue weighted by atomic mass is 10.1. The Morgan fingerprint density at radius 1 is 1.27 bits per heavy atom. The molecule has 2 fully saturated rings. The summed E-state index contributed by atoms with van der Waals surface area (Å²) < 4.78 is 0. The Hall–Kier alpha value is -1.84. The maximum absolute atomic E-state index is 12.7. The monoisotopic (exact) mass is 301 g/mol. The Labute approximate surface area is 131 Å². The van der Waals surface area contributed by atoms with Crippen molar-refractivity contribution in [3.8, 4) is 0 Å². The Kier molecular flexibility index (Phi) is 4.19. The van der Waals surface area contributed by atoms with Gasteiger partial charge in [0.05, 0.1) is 5.92 Å². The van der Waals surface area contributed by atoms with Crippen molar-refractivity contribution in [3.63, 3.8) is 0 Å². The zero-order valence-electron chi connectivity index (χ0n) is 12.9. The molecule has 0 saturated heterocycles. The number of hydrogen-bond acceptors (Lipinski definition) is 2. The maximum atomic E-state index is 12.7. The number of aliphatic carboxylic acids is 1. The second kappa shape index (κ2) is 6.11. The lowest BCUT2D eigenvalue weighted by Gasteiger charge is -2.25. The van der Waals surface area contributed by atoms with Crippen LogP contribution in [0.3, 0.4) is 0 Å². The van der Waals surface area contributed by atoms with E-state index in [1.54, 1.807) is 11.8 Å². The van der Waals surface area contributed by atoms with Crippen molar-refractivity contribution in [1.82, 2.24) is 4.90 Å². The Morgan fingerprint density at radius 3 is 2.55 bits per heavy atom. The van der Waals surface area contributed by atoms with Crippen LogP contribution in [0, 0.1) is 23.7 Å². The molecule has 1 N–H and O–H groups in total. The molecular formula is C18H23NO3. The fraction of sp³-hybridized carbons (Fsp3) is 0.556. The minimum atomic E-state index is -0.847. The summed E-state index contributed by atoms with van der Waals surface area (Å²) >= 11 is 0. The molecular weight excluding hydrogens is 278 g/mol. The molecule has 3 rings (SSSR count). The zero-order chi connectivity index (χ0) is 15.7. The van der Waals surface area contributed by atoms with Crippen molar-refractivity contribution < 1.29 is 14.7 Å². The Balaban J connectivity index is 1.67. The summed E-state index contributed by atoms with van der Waals surface area (Å²) in [5.41, 5.74) is 1.05. The second-order valence-corrected chi connectivity index (χ2v) is 6.79. The molecule has 2 saturated carbocycles. The van der Waals surface area contributed by atoms with Gasteiger partial charge in [0.1, 0.15) is 0 Å². The van der Waals surface area contributed by atoms with Gasteiger partial charge in [-0.2, -0.15) is 0 Å². The van der Waals surface area contributed by atoms with Gasteiger partial charge in [-0.05, 0) is 36.7 Å². The number of carbonyl (C=O) groups excluding carboxylic acids is 1. The number of amides is 1. The first kappa shape index (κ1) is 15.1. The summed E-state index contributed by atoms with van der Waals surface area (Å²) in [5, 5.41) is 9.15. The topological polar surface area (TPSA) is 57.6 Å². The van der Waals surface area contributed by atoms with E-state index in [0.29, 0.717) is 12.5 Å². The van der Waals surface area contributed by atoms with E-state index in [9.17, 15) is 9.59 Å². The van der Waals surface area contributed by atoms with Crippen LogP contribution in [0.1, 0.15) is 31.7 Å². The van der Waals surface area contributed by atoms with E-state index < -0.39 is 11.9 Å². The first-order chi connectivity index (χ1) is 10.6. The minimum Gasteiger partial charge on any atom is -0.481 e. The fourth-order valence-corrected chi connectivity index (χ4v) is 3.22. The Bertz CT molecular complexity index is 553. The molecule has 0 spiro atoms. The molecule has 0 aromatic heterocycles. The normalized spacial score (nSPS) is 24.6. The highest BCUT2D eigenvalue weighted by atomic mass is 16.4. The molecule has 22 heavy (non-hydrogen) atoms. The van der Waals surface area contributed by atoms with Gasteiger partial charge in [0, 0.05) is 19.0 Å². The first-order valence-corrected chi connectivity index (χ1v) is 8.11. The molecule has 0 aliphatic heterocycles. The van der Waals surface area contributed by atoms with Gasteiger partial charge in [0.25, 0.3) is 0 Å². The van der Waals surface area contributed by atoms with Crippen LogP contribution in [0.2, 0.25) is 0 Å². The number of carbonyl (C=O) groups is 2. The van der Waals surface area contributed by atoms with Gasteiger partial charge < -0.3 is 10.0 Å². The van der Waals surface area contributed by atoms with E-state index in [4.69, 9.17) is 5.11 Å². The summed E-state index contributed by atoms with van der Waals surface area (Å²) in [4.78, 5) is 25.6. The van der Waals surface area contributed by atoms with E-state index >= 15 is 0 Å². The van der Waals surface area contributed by atoms with Crippen LogP contribution in [-0.4, -0.2) is 28.4 Å². The highest BCUT2D eigenvalue weighted by molar-refractivity contribution is 5.82. The standard InChI is InChI=1S/C18H23NO3/c1-12(18(21)22)10-19(11-13-5-3-2-4-6-13)17(20)16-9-15(16)14-7-8-14/h2-6,12,14-16H,7-11H2,1H3,(H,21,22)/t12-,15-,16-/m1/s1. The highest BCUT2D eigenvalue weighted by Crippen LogP contribution is 2.55. The molecule has 2 aliphatic carbocycles. The summed E-state index contributed by atoms with van der Waals surface area (Å²) in [6.07, 6.45) is 3.52.